The Bertz CT molecular complexity index is 589. The van der Waals surface area contributed by atoms with Crippen LogP contribution in [0.2, 0.25) is 0 Å². The summed E-state index contributed by atoms with van der Waals surface area (Å²) in [5, 5.41) is 6.42. The fourth-order valence-corrected chi connectivity index (χ4v) is 3.08. The highest BCUT2D eigenvalue weighted by Gasteiger charge is 2.20. The first kappa shape index (κ1) is 22.7. The lowest BCUT2D eigenvalue weighted by Gasteiger charge is -2.29. The van der Waals surface area contributed by atoms with E-state index in [1.54, 1.807) is 7.05 Å². The number of hydrogen-bond donors (Lipinski definition) is 2. The van der Waals surface area contributed by atoms with Crippen LogP contribution in [0, 0.1) is 5.92 Å². The summed E-state index contributed by atoms with van der Waals surface area (Å²) in [6.45, 7) is 7.17. The van der Waals surface area contributed by atoms with E-state index in [1.165, 1.54) is 24.0 Å². The van der Waals surface area contributed by atoms with Gasteiger partial charge in [0.25, 0.3) is 0 Å². The van der Waals surface area contributed by atoms with Gasteiger partial charge in [0.05, 0.1) is 6.54 Å². The molecule has 0 unspecified atom stereocenters. The maximum atomic E-state index is 12.5. The van der Waals surface area contributed by atoms with Gasteiger partial charge in [0.15, 0.2) is 5.96 Å². The van der Waals surface area contributed by atoms with Crippen LogP contribution in [-0.4, -0.2) is 43.4 Å². The van der Waals surface area contributed by atoms with Crippen LogP contribution in [0.15, 0.2) is 29.3 Å². The zero-order chi connectivity index (χ0) is 18.1. The molecule has 0 saturated carbocycles. The van der Waals surface area contributed by atoms with Crippen molar-refractivity contribution < 1.29 is 4.79 Å². The molecule has 0 aromatic heterocycles. The van der Waals surface area contributed by atoms with Crippen molar-refractivity contribution in [1.29, 1.82) is 0 Å². The third-order valence-electron chi connectivity index (χ3n) is 4.61. The quantitative estimate of drug-likeness (QED) is 0.278. The van der Waals surface area contributed by atoms with Crippen molar-refractivity contribution in [2.45, 2.75) is 46.1 Å². The molecule has 1 heterocycles. The van der Waals surface area contributed by atoms with E-state index < -0.39 is 0 Å². The second-order valence-electron chi connectivity index (χ2n) is 7.08. The largest absolute Gasteiger partial charge is 0.356 e. The molecule has 26 heavy (non-hydrogen) atoms. The molecule has 1 aromatic carbocycles. The zero-order valence-corrected chi connectivity index (χ0v) is 18.6. The van der Waals surface area contributed by atoms with E-state index in [1.807, 2.05) is 11.0 Å². The summed E-state index contributed by atoms with van der Waals surface area (Å²) in [5.74, 6) is 1.58. The molecule has 1 aliphatic heterocycles. The molecule has 0 aliphatic carbocycles. The molecule has 1 aliphatic rings. The number of nitrogens with zero attached hydrogens (tertiary/aromatic N) is 2. The summed E-state index contributed by atoms with van der Waals surface area (Å²) in [4.78, 5) is 18.6. The number of fused-ring (bicyclic) bond motifs is 1. The van der Waals surface area contributed by atoms with Crippen LogP contribution in [0.3, 0.4) is 0 Å². The Balaban J connectivity index is 0.00000338. The molecule has 2 rings (SSSR count). The number of amides is 1. The van der Waals surface area contributed by atoms with Gasteiger partial charge < -0.3 is 15.5 Å². The van der Waals surface area contributed by atoms with Crippen molar-refractivity contribution in [2.24, 2.45) is 10.9 Å². The standard InChI is InChI=1S/C20H32N4O.HI/c1-16(2)8-6-7-12-22-20(21-3)23-14-19(25)24-13-11-17-9-4-5-10-18(17)15-24;/h4-5,9-10,16H,6-8,11-15H2,1-3H3,(H2,21,22,23);1H. The van der Waals surface area contributed by atoms with E-state index in [0.717, 1.165) is 31.8 Å². The van der Waals surface area contributed by atoms with Gasteiger partial charge in [-0.15, -0.1) is 24.0 Å². The van der Waals surface area contributed by atoms with Crippen molar-refractivity contribution in [3.63, 3.8) is 0 Å². The van der Waals surface area contributed by atoms with Crippen LogP contribution in [0.1, 0.15) is 44.2 Å². The number of aliphatic imine (C=N–C) groups is 1. The molecule has 146 valence electrons. The van der Waals surface area contributed by atoms with E-state index in [-0.39, 0.29) is 36.4 Å². The highest BCUT2D eigenvalue weighted by atomic mass is 127. The zero-order valence-electron chi connectivity index (χ0n) is 16.3. The molecule has 0 saturated heterocycles. The second kappa shape index (κ2) is 12.1. The Morgan fingerprint density at radius 3 is 2.62 bits per heavy atom. The van der Waals surface area contributed by atoms with Crippen LogP contribution in [-0.2, 0) is 17.8 Å². The third kappa shape index (κ3) is 7.51. The van der Waals surface area contributed by atoms with Crippen molar-refractivity contribution >= 4 is 35.8 Å². The second-order valence-corrected chi connectivity index (χ2v) is 7.08. The predicted octanol–water partition coefficient (Wildman–Crippen LogP) is 3.18. The van der Waals surface area contributed by atoms with E-state index in [9.17, 15) is 4.79 Å². The Hall–Kier alpha value is -1.31. The number of rotatable bonds is 7. The number of unbranched alkanes of at least 4 members (excludes halogenated alkanes) is 1. The number of guanidine groups is 1. The van der Waals surface area contributed by atoms with E-state index in [2.05, 4.69) is 47.7 Å². The van der Waals surface area contributed by atoms with E-state index in [4.69, 9.17) is 0 Å². The fraction of sp³-hybridized carbons (Fsp3) is 0.600. The van der Waals surface area contributed by atoms with Gasteiger partial charge in [0.2, 0.25) is 5.91 Å². The molecule has 0 radical (unpaired) electrons. The number of nitrogens with one attached hydrogen (secondary N) is 2. The smallest absolute Gasteiger partial charge is 0.242 e. The van der Waals surface area contributed by atoms with Gasteiger partial charge in [0.1, 0.15) is 0 Å². The van der Waals surface area contributed by atoms with Crippen LogP contribution in [0.4, 0.5) is 0 Å². The topological polar surface area (TPSA) is 56.7 Å². The van der Waals surface area contributed by atoms with Crippen molar-refractivity contribution in [1.82, 2.24) is 15.5 Å². The molecule has 0 atom stereocenters. The molecule has 1 aromatic rings. The summed E-state index contributed by atoms with van der Waals surface area (Å²) >= 11 is 0. The average molecular weight is 472 g/mol. The van der Waals surface area contributed by atoms with Crippen LogP contribution < -0.4 is 10.6 Å². The Labute approximate surface area is 175 Å². The summed E-state index contributed by atoms with van der Waals surface area (Å²) < 4.78 is 0. The summed E-state index contributed by atoms with van der Waals surface area (Å²) in [7, 11) is 1.74. The number of benzene rings is 1. The van der Waals surface area contributed by atoms with E-state index >= 15 is 0 Å². The Morgan fingerprint density at radius 2 is 1.92 bits per heavy atom. The van der Waals surface area contributed by atoms with Crippen molar-refractivity contribution in [2.75, 3.05) is 26.7 Å². The number of halogens is 1. The molecular formula is C20H33IN4O. The predicted molar refractivity (Wildman–Crippen MR) is 119 cm³/mol. The monoisotopic (exact) mass is 472 g/mol. The van der Waals surface area contributed by atoms with E-state index in [0.29, 0.717) is 12.5 Å². The number of carbonyl (C=O) groups excluding carboxylic acids is 1. The Morgan fingerprint density at radius 1 is 1.19 bits per heavy atom. The van der Waals surface area contributed by atoms with Gasteiger partial charge in [-0.3, -0.25) is 9.79 Å². The van der Waals surface area contributed by atoms with Crippen LogP contribution >= 0.6 is 24.0 Å². The summed E-state index contributed by atoms with van der Waals surface area (Å²) in [5.41, 5.74) is 2.62. The molecule has 0 spiro atoms. The maximum absolute atomic E-state index is 12.5. The highest BCUT2D eigenvalue weighted by Crippen LogP contribution is 2.18. The van der Waals surface area contributed by atoms with Gasteiger partial charge in [-0.2, -0.15) is 0 Å². The van der Waals surface area contributed by atoms with Crippen LogP contribution in [0.25, 0.3) is 0 Å². The first-order chi connectivity index (χ1) is 12.1. The lowest BCUT2D eigenvalue weighted by molar-refractivity contribution is -0.130. The van der Waals surface area contributed by atoms with Gasteiger partial charge in [-0.1, -0.05) is 51.0 Å². The minimum atomic E-state index is 0. The third-order valence-corrected chi connectivity index (χ3v) is 4.61. The first-order valence-electron chi connectivity index (χ1n) is 9.39. The molecule has 5 nitrogen and oxygen atoms in total. The minimum Gasteiger partial charge on any atom is -0.356 e. The molecule has 1 amide bonds. The number of hydrogen-bond acceptors (Lipinski definition) is 2. The lowest BCUT2D eigenvalue weighted by atomic mass is 10.00. The summed E-state index contributed by atoms with van der Waals surface area (Å²) in [6, 6.07) is 8.37. The molecular weight excluding hydrogens is 439 g/mol. The Kier molecular flexibility index (Phi) is 10.6. The minimum absolute atomic E-state index is 0. The number of carbonyl (C=O) groups is 1. The fourth-order valence-electron chi connectivity index (χ4n) is 3.08. The van der Waals surface area contributed by atoms with Gasteiger partial charge in [0, 0.05) is 26.7 Å². The SMILES string of the molecule is CN=C(NCCCCC(C)C)NCC(=O)N1CCc2ccccc2C1.I. The normalized spacial score (nSPS) is 13.8. The summed E-state index contributed by atoms with van der Waals surface area (Å²) in [6.07, 6.45) is 4.52. The van der Waals surface area contributed by atoms with Gasteiger partial charge in [-0.05, 0) is 29.9 Å². The van der Waals surface area contributed by atoms with Crippen molar-refractivity contribution in [3.05, 3.63) is 35.4 Å². The van der Waals surface area contributed by atoms with Gasteiger partial charge >= 0.3 is 0 Å². The lowest BCUT2D eigenvalue weighted by Crippen LogP contribution is -2.46. The van der Waals surface area contributed by atoms with Crippen molar-refractivity contribution in [3.8, 4) is 0 Å². The maximum Gasteiger partial charge on any atom is 0.242 e. The molecule has 0 fully saturated rings. The first-order valence-corrected chi connectivity index (χ1v) is 9.39. The molecule has 0 bridgehead atoms. The van der Waals surface area contributed by atoms with Gasteiger partial charge in [-0.25, -0.2) is 0 Å². The average Bonchev–Trinajstić information content (AvgIpc) is 2.63. The highest BCUT2D eigenvalue weighted by molar-refractivity contribution is 14.0. The van der Waals surface area contributed by atoms with Crippen LogP contribution in [0.5, 0.6) is 0 Å². The molecule has 2 N–H and O–H groups in total. The molecule has 6 heteroatoms.